The van der Waals surface area contributed by atoms with Gasteiger partial charge in [0.25, 0.3) is 5.91 Å². The van der Waals surface area contributed by atoms with E-state index < -0.39 is 23.5 Å². The molecular formula is C20H13F4N5O. The summed E-state index contributed by atoms with van der Waals surface area (Å²) >= 11 is 0. The second-order valence-electron chi connectivity index (χ2n) is 6.43. The molecule has 0 saturated heterocycles. The molecule has 4 rings (SSSR count). The summed E-state index contributed by atoms with van der Waals surface area (Å²) in [5, 5.41) is -0.139. The highest BCUT2D eigenvalue weighted by Gasteiger charge is 2.35. The van der Waals surface area contributed by atoms with Gasteiger partial charge in [-0.1, -0.05) is 12.1 Å². The van der Waals surface area contributed by atoms with Gasteiger partial charge in [0.15, 0.2) is 11.5 Å². The number of halogens is 4. The number of nitrogens with one attached hydrogen (secondary N) is 1. The first-order valence-electron chi connectivity index (χ1n) is 8.68. The number of carbonyl (C=O) groups excluding carboxylic acids is 1. The predicted molar refractivity (Wildman–Crippen MR) is 101 cm³/mol. The number of amides is 1. The Morgan fingerprint density at radius 1 is 1.13 bits per heavy atom. The fourth-order valence-electron chi connectivity index (χ4n) is 3.00. The van der Waals surface area contributed by atoms with Crippen molar-refractivity contribution >= 4 is 16.9 Å². The minimum Gasteiger partial charge on any atom is -0.267 e. The predicted octanol–water partition coefficient (Wildman–Crippen LogP) is 4.34. The highest BCUT2D eigenvalue weighted by Crippen LogP contribution is 2.35. The number of benzene rings is 1. The van der Waals surface area contributed by atoms with Crippen molar-refractivity contribution in [3.63, 3.8) is 0 Å². The largest absolute Gasteiger partial charge is 0.418 e. The SMILES string of the molecule is Cc1nc(-c2cccc(F)c2)ncc1C(=O)Nn1cc(C(F)(F)F)c2cccnc21. The van der Waals surface area contributed by atoms with E-state index in [1.165, 1.54) is 42.7 Å². The maximum absolute atomic E-state index is 13.4. The van der Waals surface area contributed by atoms with Crippen LogP contribution in [0.25, 0.3) is 22.4 Å². The van der Waals surface area contributed by atoms with Crippen LogP contribution in [-0.4, -0.2) is 25.5 Å². The van der Waals surface area contributed by atoms with Gasteiger partial charge in [-0.25, -0.2) is 24.0 Å². The van der Waals surface area contributed by atoms with Crippen molar-refractivity contribution in [3.05, 3.63) is 77.6 Å². The number of rotatable bonds is 3. The van der Waals surface area contributed by atoms with Crippen LogP contribution in [0.5, 0.6) is 0 Å². The van der Waals surface area contributed by atoms with Crippen molar-refractivity contribution in [3.8, 4) is 11.4 Å². The molecule has 0 fully saturated rings. The molecule has 1 amide bonds. The zero-order chi connectivity index (χ0) is 21.5. The molecule has 4 aromatic rings. The molecule has 10 heteroatoms. The van der Waals surface area contributed by atoms with Crippen LogP contribution in [-0.2, 0) is 6.18 Å². The van der Waals surface area contributed by atoms with Gasteiger partial charge in [-0.15, -0.1) is 0 Å². The van der Waals surface area contributed by atoms with Crippen LogP contribution in [0.4, 0.5) is 17.6 Å². The van der Waals surface area contributed by atoms with E-state index in [2.05, 4.69) is 20.4 Å². The number of aryl methyl sites for hydroxylation is 1. The summed E-state index contributed by atoms with van der Waals surface area (Å²) in [5.74, 6) is -0.950. The van der Waals surface area contributed by atoms with E-state index in [0.717, 1.165) is 10.9 Å². The number of hydrogen-bond donors (Lipinski definition) is 1. The van der Waals surface area contributed by atoms with Gasteiger partial charge in [0.05, 0.1) is 16.8 Å². The standard InChI is InChI=1S/C20H13F4N5O/c1-11-15(9-26-17(27-11)12-4-2-5-13(21)8-12)19(30)28-29-10-16(20(22,23)24)14-6-3-7-25-18(14)29/h2-10H,1H3,(H,28,30). The summed E-state index contributed by atoms with van der Waals surface area (Å²) in [4.78, 5) is 24.9. The van der Waals surface area contributed by atoms with Gasteiger partial charge >= 0.3 is 6.18 Å². The second-order valence-corrected chi connectivity index (χ2v) is 6.43. The third-order valence-corrected chi connectivity index (χ3v) is 4.40. The summed E-state index contributed by atoms with van der Waals surface area (Å²) < 4.78 is 54.2. The minimum atomic E-state index is -4.61. The number of pyridine rings is 1. The monoisotopic (exact) mass is 415 g/mol. The molecule has 0 radical (unpaired) electrons. The molecule has 0 aliphatic heterocycles. The third-order valence-electron chi connectivity index (χ3n) is 4.40. The van der Waals surface area contributed by atoms with E-state index in [-0.39, 0.29) is 28.1 Å². The van der Waals surface area contributed by atoms with Crippen molar-refractivity contribution in [2.24, 2.45) is 0 Å². The summed E-state index contributed by atoms with van der Waals surface area (Å²) in [6.07, 6.45) is -1.27. The lowest BCUT2D eigenvalue weighted by Crippen LogP contribution is -2.24. The Balaban J connectivity index is 1.67. The van der Waals surface area contributed by atoms with E-state index in [1.54, 1.807) is 13.0 Å². The zero-order valence-corrected chi connectivity index (χ0v) is 15.4. The lowest BCUT2D eigenvalue weighted by molar-refractivity contribution is -0.136. The average molecular weight is 415 g/mol. The second kappa shape index (κ2) is 7.21. The number of fused-ring (bicyclic) bond motifs is 1. The van der Waals surface area contributed by atoms with Crippen molar-refractivity contribution < 1.29 is 22.4 Å². The molecule has 0 unspecified atom stereocenters. The molecule has 0 atom stereocenters. The first-order chi connectivity index (χ1) is 14.2. The van der Waals surface area contributed by atoms with E-state index in [1.807, 2.05) is 0 Å². The van der Waals surface area contributed by atoms with Crippen LogP contribution < -0.4 is 5.43 Å². The fourth-order valence-corrected chi connectivity index (χ4v) is 3.00. The first-order valence-corrected chi connectivity index (χ1v) is 8.68. The Bertz CT molecular complexity index is 1270. The summed E-state index contributed by atoms with van der Waals surface area (Å²) in [7, 11) is 0. The Morgan fingerprint density at radius 2 is 1.93 bits per heavy atom. The summed E-state index contributed by atoms with van der Waals surface area (Å²) in [6, 6.07) is 8.32. The van der Waals surface area contributed by atoms with Crippen LogP contribution in [0.2, 0.25) is 0 Å². The Kier molecular flexibility index (Phi) is 4.69. The van der Waals surface area contributed by atoms with Crippen molar-refractivity contribution in [1.82, 2.24) is 19.6 Å². The Hall–Kier alpha value is -3.82. The molecular weight excluding hydrogens is 402 g/mol. The molecule has 3 heterocycles. The van der Waals surface area contributed by atoms with Gasteiger partial charge in [0.1, 0.15) is 5.82 Å². The first kappa shape index (κ1) is 19.5. The molecule has 0 aliphatic carbocycles. The highest BCUT2D eigenvalue weighted by atomic mass is 19.4. The topological polar surface area (TPSA) is 72.7 Å². The van der Waals surface area contributed by atoms with Crippen LogP contribution >= 0.6 is 0 Å². The molecule has 6 nitrogen and oxygen atoms in total. The molecule has 1 aromatic carbocycles. The number of carbonyl (C=O) groups is 1. The molecule has 0 bridgehead atoms. The van der Waals surface area contributed by atoms with E-state index >= 15 is 0 Å². The smallest absolute Gasteiger partial charge is 0.267 e. The summed E-state index contributed by atoms with van der Waals surface area (Å²) in [5.41, 5.74) is 2.18. The number of alkyl halides is 3. The normalized spacial score (nSPS) is 11.6. The molecule has 1 N–H and O–H groups in total. The average Bonchev–Trinajstić information content (AvgIpc) is 3.07. The third kappa shape index (κ3) is 3.59. The van der Waals surface area contributed by atoms with Crippen molar-refractivity contribution in [2.75, 3.05) is 5.43 Å². The fraction of sp³-hybridized carbons (Fsp3) is 0.100. The molecule has 152 valence electrons. The van der Waals surface area contributed by atoms with E-state index in [4.69, 9.17) is 0 Å². The molecule has 0 aliphatic rings. The van der Waals surface area contributed by atoms with Gasteiger partial charge in [-0.3, -0.25) is 10.2 Å². The van der Waals surface area contributed by atoms with Gasteiger partial charge < -0.3 is 0 Å². The molecule has 30 heavy (non-hydrogen) atoms. The lowest BCUT2D eigenvalue weighted by Gasteiger charge is -2.10. The Morgan fingerprint density at radius 3 is 2.63 bits per heavy atom. The zero-order valence-electron chi connectivity index (χ0n) is 15.4. The lowest BCUT2D eigenvalue weighted by atomic mass is 10.2. The highest BCUT2D eigenvalue weighted by molar-refractivity contribution is 6.01. The van der Waals surface area contributed by atoms with Crippen molar-refractivity contribution in [2.45, 2.75) is 13.1 Å². The quantitative estimate of drug-likeness (QED) is 0.505. The van der Waals surface area contributed by atoms with Crippen LogP contribution in [0.15, 0.2) is 55.0 Å². The van der Waals surface area contributed by atoms with E-state index in [0.29, 0.717) is 5.56 Å². The van der Waals surface area contributed by atoms with Crippen LogP contribution in [0.1, 0.15) is 21.6 Å². The van der Waals surface area contributed by atoms with Gasteiger partial charge in [-0.05, 0) is 31.2 Å². The van der Waals surface area contributed by atoms with Crippen LogP contribution in [0.3, 0.4) is 0 Å². The van der Waals surface area contributed by atoms with Crippen LogP contribution in [0, 0.1) is 12.7 Å². The maximum atomic E-state index is 13.4. The number of hydrogen-bond acceptors (Lipinski definition) is 4. The van der Waals surface area contributed by atoms with E-state index in [9.17, 15) is 22.4 Å². The van der Waals surface area contributed by atoms with Gasteiger partial charge in [0, 0.05) is 29.5 Å². The summed E-state index contributed by atoms with van der Waals surface area (Å²) in [6.45, 7) is 1.55. The van der Waals surface area contributed by atoms with Gasteiger partial charge in [0.2, 0.25) is 0 Å². The number of nitrogens with zero attached hydrogens (tertiary/aromatic N) is 4. The van der Waals surface area contributed by atoms with Gasteiger partial charge in [-0.2, -0.15) is 13.2 Å². The van der Waals surface area contributed by atoms with Crippen molar-refractivity contribution in [1.29, 1.82) is 0 Å². The Labute approximate surface area is 167 Å². The number of aromatic nitrogens is 4. The molecule has 0 saturated carbocycles. The molecule has 0 spiro atoms. The maximum Gasteiger partial charge on any atom is 0.418 e. The molecule has 3 aromatic heterocycles. The minimum absolute atomic E-state index is 0.0480.